The largest absolute Gasteiger partial charge is 0.475 e. The topological polar surface area (TPSA) is 87.0 Å². The number of imidazole rings is 1. The number of carbonyl (C=O) groups excluding carboxylic acids is 1. The molecule has 0 saturated carbocycles. The maximum absolute atomic E-state index is 14.0. The second kappa shape index (κ2) is 14.3. The summed E-state index contributed by atoms with van der Waals surface area (Å²) in [6.45, 7) is 10.3. The van der Waals surface area contributed by atoms with Crippen LogP contribution in [0.25, 0.3) is 5.65 Å². The van der Waals surface area contributed by atoms with E-state index >= 15 is 0 Å². The number of hydrogen-bond acceptors (Lipinski definition) is 7. The molecule has 1 aliphatic rings. The monoisotopic (exact) mass is 633 g/mol. The Morgan fingerprint density at radius 2 is 1.83 bits per heavy atom. The Hall–Kier alpha value is -4.44. The predicted octanol–water partition coefficient (Wildman–Crippen LogP) is 4.83. The molecule has 4 aromatic rings. The van der Waals surface area contributed by atoms with Crippen molar-refractivity contribution in [2.24, 2.45) is 0 Å². The van der Waals surface area contributed by atoms with Crippen molar-refractivity contribution in [3.63, 3.8) is 0 Å². The molecule has 2 aromatic heterocycles. The number of amides is 1. The Balaban J connectivity index is 1.31. The number of halogens is 3. The standard InChI is InChI=1S/C34H38F3N7O2/c1-23(2)38-13-18-46-32-12-11-31-39-21-29(44(31)41-32)10-8-25-19-26(6-5-24(25)3)33(45)40-28-9-7-27(30(20-28)34(35,36)37)22-43-16-14-42(4)15-17-43/h5-7,9,11-12,19-21,23,38H,13-18,22H2,1-4H3,(H,40,45). The average Bonchev–Trinajstić information content (AvgIpc) is 3.42. The van der Waals surface area contributed by atoms with Gasteiger partial charge in [0.05, 0.1) is 11.8 Å². The second-order valence-corrected chi connectivity index (χ2v) is 11.7. The molecular weight excluding hydrogens is 595 g/mol. The van der Waals surface area contributed by atoms with E-state index in [-0.39, 0.29) is 23.4 Å². The highest BCUT2D eigenvalue weighted by Gasteiger charge is 2.34. The van der Waals surface area contributed by atoms with E-state index in [2.05, 4.69) is 51.3 Å². The van der Waals surface area contributed by atoms with Crippen LogP contribution in [0.15, 0.2) is 54.7 Å². The van der Waals surface area contributed by atoms with Crippen LogP contribution in [0, 0.1) is 18.8 Å². The third kappa shape index (κ3) is 8.42. The van der Waals surface area contributed by atoms with Crippen LogP contribution in [0.4, 0.5) is 18.9 Å². The number of anilines is 1. The van der Waals surface area contributed by atoms with Gasteiger partial charge in [0.1, 0.15) is 12.3 Å². The summed E-state index contributed by atoms with van der Waals surface area (Å²) in [5.74, 6) is 6.07. The van der Waals surface area contributed by atoms with E-state index in [1.807, 2.05) is 18.9 Å². The first-order valence-corrected chi connectivity index (χ1v) is 15.2. The zero-order valence-electron chi connectivity index (χ0n) is 26.4. The number of rotatable bonds is 9. The third-order valence-electron chi connectivity index (χ3n) is 7.73. The van der Waals surface area contributed by atoms with Gasteiger partial charge in [0.25, 0.3) is 5.91 Å². The van der Waals surface area contributed by atoms with Crippen LogP contribution in [-0.2, 0) is 12.7 Å². The number of aryl methyl sites for hydroxylation is 1. The van der Waals surface area contributed by atoms with E-state index in [1.165, 1.54) is 12.1 Å². The molecule has 1 fully saturated rings. The lowest BCUT2D eigenvalue weighted by Gasteiger charge is -2.33. The van der Waals surface area contributed by atoms with Gasteiger partial charge in [-0.25, -0.2) is 9.50 Å². The van der Waals surface area contributed by atoms with Gasteiger partial charge in [-0.2, -0.15) is 13.2 Å². The molecule has 12 heteroatoms. The molecule has 1 amide bonds. The number of nitrogens with one attached hydrogen (secondary N) is 2. The summed E-state index contributed by atoms with van der Waals surface area (Å²) in [6.07, 6.45) is -2.95. The second-order valence-electron chi connectivity index (χ2n) is 11.7. The van der Waals surface area contributed by atoms with E-state index in [4.69, 9.17) is 4.74 Å². The van der Waals surface area contributed by atoms with Crippen molar-refractivity contribution in [2.75, 3.05) is 51.7 Å². The molecule has 0 atom stereocenters. The maximum atomic E-state index is 14.0. The van der Waals surface area contributed by atoms with Gasteiger partial charge in [0, 0.05) is 68.2 Å². The number of likely N-dealkylation sites (N-methyl/N-ethyl adjacent to an activating group) is 1. The SMILES string of the molecule is Cc1ccc(C(=O)Nc2ccc(CN3CCN(C)CC3)c(C(F)(F)F)c2)cc1C#Cc1cnc2ccc(OCCNC(C)C)nn12. The van der Waals surface area contributed by atoms with E-state index in [1.54, 1.807) is 41.0 Å². The average molecular weight is 634 g/mol. The first-order chi connectivity index (χ1) is 22.0. The smallest absolute Gasteiger partial charge is 0.416 e. The number of aromatic nitrogens is 3. The summed E-state index contributed by atoms with van der Waals surface area (Å²) in [6, 6.07) is 12.9. The quantitative estimate of drug-likeness (QED) is 0.202. The van der Waals surface area contributed by atoms with Crippen LogP contribution >= 0.6 is 0 Å². The van der Waals surface area contributed by atoms with Crippen molar-refractivity contribution < 1.29 is 22.7 Å². The fourth-order valence-corrected chi connectivity index (χ4v) is 5.06. The van der Waals surface area contributed by atoms with Gasteiger partial charge in [-0.1, -0.05) is 31.9 Å². The minimum Gasteiger partial charge on any atom is -0.475 e. The number of benzene rings is 2. The number of carbonyl (C=O) groups is 1. The van der Waals surface area contributed by atoms with Crippen molar-refractivity contribution in [3.05, 3.63) is 88.2 Å². The van der Waals surface area contributed by atoms with Crippen molar-refractivity contribution >= 4 is 17.2 Å². The Labute approximate surface area is 266 Å². The number of hydrogen-bond donors (Lipinski definition) is 2. The van der Waals surface area contributed by atoms with Crippen molar-refractivity contribution in [3.8, 4) is 17.7 Å². The van der Waals surface area contributed by atoms with Gasteiger partial charge in [-0.3, -0.25) is 9.69 Å². The van der Waals surface area contributed by atoms with E-state index in [9.17, 15) is 18.0 Å². The first-order valence-electron chi connectivity index (χ1n) is 15.2. The summed E-state index contributed by atoms with van der Waals surface area (Å²) in [5.41, 5.74) is 2.34. The molecule has 5 rings (SSSR count). The lowest BCUT2D eigenvalue weighted by Crippen LogP contribution is -2.44. The molecule has 2 aromatic carbocycles. The molecule has 1 saturated heterocycles. The first kappa shape index (κ1) is 32.9. The molecule has 1 aliphatic heterocycles. The van der Waals surface area contributed by atoms with Gasteiger partial charge in [0.2, 0.25) is 5.88 Å². The molecule has 3 heterocycles. The van der Waals surface area contributed by atoms with Crippen LogP contribution < -0.4 is 15.4 Å². The molecule has 0 bridgehead atoms. The zero-order valence-corrected chi connectivity index (χ0v) is 26.4. The van der Waals surface area contributed by atoms with Gasteiger partial charge < -0.3 is 20.3 Å². The molecule has 0 radical (unpaired) electrons. The van der Waals surface area contributed by atoms with E-state index in [0.717, 1.165) is 24.7 Å². The molecule has 0 spiro atoms. The summed E-state index contributed by atoms with van der Waals surface area (Å²) in [4.78, 5) is 21.7. The highest BCUT2D eigenvalue weighted by Crippen LogP contribution is 2.34. The normalized spacial score (nSPS) is 14.3. The predicted molar refractivity (Wildman–Crippen MR) is 171 cm³/mol. The zero-order chi connectivity index (χ0) is 32.8. The van der Waals surface area contributed by atoms with Crippen LogP contribution in [0.5, 0.6) is 5.88 Å². The minimum absolute atomic E-state index is 0.0717. The van der Waals surface area contributed by atoms with Gasteiger partial charge in [0.15, 0.2) is 5.65 Å². The van der Waals surface area contributed by atoms with Gasteiger partial charge in [-0.15, -0.1) is 5.10 Å². The fraction of sp³-hybridized carbons (Fsp3) is 0.382. The summed E-state index contributed by atoms with van der Waals surface area (Å²) < 4.78 is 49.5. The lowest BCUT2D eigenvalue weighted by molar-refractivity contribution is -0.138. The Kier molecular flexibility index (Phi) is 10.3. The van der Waals surface area contributed by atoms with E-state index < -0.39 is 17.6 Å². The summed E-state index contributed by atoms with van der Waals surface area (Å²) in [7, 11) is 2.00. The molecular formula is C34H38F3N7O2. The number of ether oxygens (including phenoxy) is 1. The van der Waals surface area contributed by atoms with Crippen molar-refractivity contribution in [1.29, 1.82) is 0 Å². The van der Waals surface area contributed by atoms with Crippen LogP contribution in [0.3, 0.4) is 0 Å². The minimum atomic E-state index is -4.56. The Morgan fingerprint density at radius 3 is 2.57 bits per heavy atom. The highest BCUT2D eigenvalue weighted by molar-refractivity contribution is 6.04. The molecule has 9 nitrogen and oxygen atoms in total. The summed E-state index contributed by atoms with van der Waals surface area (Å²) in [5, 5.41) is 10.4. The number of nitrogens with zero attached hydrogens (tertiary/aromatic N) is 5. The van der Waals surface area contributed by atoms with Crippen LogP contribution in [0.2, 0.25) is 0 Å². The highest BCUT2D eigenvalue weighted by atomic mass is 19.4. The third-order valence-corrected chi connectivity index (χ3v) is 7.73. The number of alkyl halides is 3. The van der Waals surface area contributed by atoms with Gasteiger partial charge in [-0.05, 0) is 61.4 Å². The molecule has 46 heavy (non-hydrogen) atoms. The lowest BCUT2D eigenvalue weighted by atomic mass is 10.0. The van der Waals surface area contributed by atoms with Crippen LogP contribution in [-0.4, -0.2) is 82.7 Å². The Bertz CT molecular complexity index is 1750. The van der Waals surface area contributed by atoms with Crippen molar-refractivity contribution in [2.45, 2.75) is 39.5 Å². The fourth-order valence-electron chi connectivity index (χ4n) is 5.06. The number of fused-ring (bicyclic) bond motifs is 1. The Morgan fingerprint density at radius 1 is 1.04 bits per heavy atom. The van der Waals surface area contributed by atoms with E-state index in [0.29, 0.717) is 55.1 Å². The molecule has 2 N–H and O–H groups in total. The molecule has 242 valence electrons. The number of piperazine rings is 1. The molecule has 0 unspecified atom stereocenters. The molecule has 0 aliphatic carbocycles. The van der Waals surface area contributed by atoms with Crippen molar-refractivity contribution in [1.82, 2.24) is 29.7 Å². The van der Waals surface area contributed by atoms with Crippen LogP contribution in [0.1, 0.15) is 52.2 Å². The summed E-state index contributed by atoms with van der Waals surface area (Å²) >= 11 is 0. The maximum Gasteiger partial charge on any atom is 0.416 e. The van der Waals surface area contributed by atoms with Gasteiger partial charge >= 0.3 is 6.18 Å².